The molecule has 0 heterocycles. The summed E-state index contributed by atoms with van der Waals surface area (Å²) in [5, 5.41) is 19.7. The van der Waals surface area contributed by atoms with Crippen LogP contribution in [-0.2, 0) is 0 Å². The molecule has 0 amide bonds. The number of rotatable bonds is 5. The molecule has 0 aromatic heterocycles. The van der Waals surface area contributed by atoms with Gasteiger partial charge in [0, 0.05) is 0 Å². The lowest BCUT2D eigenvalue weighted by atomic mass is 9.95. The second-order valence-electron chi connectivity index (χ2n) is 4.17. The van der Waals surface area contributed by atoms with Crippen LogP contribution in [0.2, 0.25) is 0 Å². The second-order valence-corrected chi connectivity index (χ2v) is 4.17. The first-order chi connectivity index (χ1) is 7.15. The smallest absolute Gasteiger partial charge is 0.105 e. The number of aliphatic hydroxyl groups excluding tert-OH is 2. The van der Waals surface area contributed by atoms with E-state index in [4.69, 9.17) is 0 Å². The summed E-state index contributed by atoms with van der Waals surface area (Å²) in [7, 11) is 0. The Morgan fingerprint density at radius 1 is 1.13 bits per heavy atom. The van der Waals surface area contributed by atoms with Crippen molar-refractivity contribution in [3.05, 3.63) is 35.9 Å². The average molecular weight is 208 g/mol. The highest BCUT2D eigenvalue weighted by Crippen LogP contribution is 2.22. The molecule has 0 spiro atoms. The summed E-state index contributed by atoms with van der Waals surface area (Å²) in [6.07, 6.45) is 0.244. The van der Waals surface area contributed by atoms with Crippen LogP contribution < -0.4 is 0 Å². The molecule has 2 heteroatoms. The van der Waals surface area contributed by atoms with Gasteiger partial charge in [0.1, 0.15) is 6.10 Å². The van der Waals surface area contributed by atoms with Crippen LogP contribution in [0.15, 0.2) is 30.3 Å². The lowest BCUT2D eigenvalue weighted by Gasteiger charge is -2.20. The van der Waals surface area contributed by atoms with E-state index in [2.05, 4.69) is 13.8 Å². The largest absolute Gasteiger partial charge is 0.390 e. The normalized spacial score (nSPS) is 17.1. The van der Waals surface area contributed by atoms with E-state index in [9.17, 15) is 10.2 Å². The Kier molecular flexibility index (Phi) is 4.79. The summed E-state index contributed by atoms with van der Waals surface area (Å²) in [6, 6.07) is 9.31. The molecule has 0 aliphatic rings. The minimum absolute atomic E-state index is 0.443. The van der Waals surface area contributed by atoms with Crippen LogP contribution in [0, 0.1) is 5.92 Å². The summed E-state index contributed by atoms with van der Waals surface area (Å²) >= 11 is 0. The molecule has 2 nitrogen and oxygen atoms in total. The first-order valence-electron chi connectivity index (χ1n) is 5.56. The molecule has 1 aromatic carbocycles. The maximum Gasteiger partial charge on any atom is 0.105 e. The van der Waals surface area contributed by atoms with Gasteiger partial charge in [-0.15, -0.1) is 0 Å². The molecule has 3 unspecified atom stereocenters. The Hall–Kier alpha value is -0.860. The molecule has 0 saturated heterocycles. The maximum atomic E-state index is 9.88. The third kappa shape index (κ3) is 3.65. The zero-order valence-electron chi connectivity index (χ0n) is 9.43. The second kappa shape index (κ2) is 5.89. The van der Waals surface area contributed by atoms with Crippen molar-refractivity contribution in [3.8, 4) is 0 Å². The monoisotopic (exact) mass is 208 g/mol. The lowest BCUT2D eigenvalue weighted by Crippen LogP contribution is -2.20. The third-order valence-corrected chi connectivity index (χ3v) is 2.85. The Labute approximate surface area is 91.6 Å². The highest BCUT2D eigenvalue weighted by Gasteiger charge is 2.19. The minimum atomic E-state index is -0.764. The van der Waals surface area contributed by atoms with Gasteiger partial charge in [-0.25, -0.2) is 0 Å². The van der Waals surface area contributed by atoms with Crippen LogP contribution in [0.25, 0.3) is 0 Å². The van der Waals surface area contributed by atoms with Crippen LogP contribution in [0.3, 0.4) is 0 Å². The van der Waals surface area contributed by atoms with Crippen molar-refractivity contribution in [2.75, 3.05) is 0 Å². The number of benzene rings is 1. The van der Waals surface area contributed by atoms with Crippen molar-refractivity contribution < 1.29 is 10.2 Å². The molecule has 0 radical (unpaired) electrons. The lowest BCUT2D eigenvalue weighted by molar-refractivity contribution is 0.00474. The Bertz CT molecular complexity index is 271. The molecular formula is C13H20O2. The van der Waals surface area contributed by atoms with Crippen LogP contribution in [0.5, 0.6) is 0 Å². The highest BCUT2D eigenvalue weighted by atomic mass is 16.3. The van der Waals surface area contributed by atoms with Crippen LogP contribution in [-0.4, -0.2) is 16.3 Å². The molecule has 0 aliphatic heterocycles. The SMILES string of the molecule is CCC(C)CC(O)C(O)c1ccccc1. The first kappa shape index (κ1) is 12.2. The van der Waals surface area contributed by atoms with E-state index in [-0.39, 0.29) is 0 Å². The van der Waals surface area contributed by atoms with E-state index >= 15 is 0 Å². The van der Waals surface area contributed by atoms with Gasteiger partial charge >= 0.3 is 0 Å². The molecule has 0 saturated carbocycles. The van der Waals surface area contributed by atoms with Crippen molar-refractivity contribution in [1.82, 2.24) is 0 Å². The zero-order valence-corrected chi connectivity index (χ0v) is 9.43. The number of aliphatic hydroxyl groups is 2. The molecule has 0 fully saturated rings. The fraction of sp³-hybridized carbons (Fsp3) is 0.538. The summed E-state index contributed by atoms with van der Waals surface area (Å²) in [5.74, 6) is 0.443. The van der Waals surface area contributed by atoms with Gasteiger partial charge in [-0.05, 0) is 17.9 Å². The van der Waals surface area contributed by atoms with Gasteiger partial charge in [0.05, 0.1) is 6.10 Å². The van der Waals surface area contributed by atoms with Crippen molar-refractivity contribution in [2.24, 2.45) is 5.92 Å². The van der Waals surface area contributed by atoms with Gasteiger partial charge in [0.2, 0.25) is 0 Å². The average Bonchev–Trinajstić information content (AvgIpc) is 2.29. The van der Waals surface area contributed by atoms with Crippen molar-refractivity contribution in [1.29, 1.82) is 0 Å². The fourth-order valence-corrected chi connectivity index (χ4v) is 1.58. The number of hydrogen-bond donors (Lipinski definition) is 2. The van der Waals surface area contributed by atoms with Crippen LogP contribution in [0.4, 0.5) is 0 Å². The van der Waals surface area contributed by atoms with Crippen molar-refractivity contribution >= 4 is 0 Å². The predicted molar refractivity (Wildman–Crippen MR) is 61.5 cm³/mol. The van der Waals surface area contributed by atoms with E-state index in [0.29, 0.717) is 12.3 Å². The molecule has 2 N–H and O–H groups in total. The van der Waals surface area contributed by atoms with Crippen LogP contribution >= 0.6 is 0 Å². The van der Waals surface area contributed by atoms with E-state index < -0.39 is 12.2 Å². The van der Waals surface area contributed by atoms with E-state index in [1.807, 2.05) is 30.3 Å². The van der Waals surface area contributed by atoms with Gasteiger partial charge in [0.25, 0.3) is 0 Å². The molecule has 15 heavy (non-hydrogen) atoms. The highest BCUT2D eigenvalue weighted by molar-refractivity contribution is 5.18. The van der Waals surface area contributed by atoms with E-state index in [1.165, 1.54) is 0 Å². The van der Waals surface area contributed by atoms with E-state index in [0.717, 1.165) is 12.0 Å². The number of hydrogen-bond acceptors (Lipinski definition) is 2. The van der Waals surface area contributed by atoms with Gasteiger partial charge in [-0.2, -0.15) is 0 Å². The third-order valence-electron chi connectivity index (χ3n) is 2.85. The molecule has 84 valence electrons. The first-order valence-corrected chi connectivity index (χ1v) is 5.56. The topological polar surface area (TPSA) is 40.5 Å². The predicted octanol–water partition coefficient (Wildman–Crippen LogP) is 2.52. The maximum absolute atomic E-state index is 9.88. The summed E-state index contributed by atoms with van der Waals surface area (Å²) in [6.45, 7) is 4.17. The van der Waals surface area contributed by atoms with E-state index in [1.54, 1.807) is 0 Å². The fourth-order valence-electron chi connectivity index (χ4n) is 1.58. The quantitative estimate of drug-likeness (QED) is 0.780. The molecule has 3 atom stereocenters. The van der Waals surface area contributed by atoms with Gasteiger partial charge in [-0.1, -0.05) is 50.6 Å². The summed E-state index contributed by atoms with van der Waals surface area (Å²) in [4.78, 5) is 0. The molecule has 1 aromatic rings. The van der Waals surface area contributed by atoms with Crippen LogP contribution in [0.1, 0.15) is 38.4 Å². The zero-order chi connectivity index (χ0) is 11.3. The molecule has 1 rings (SSSR count). The Morgan fingerprint density at radius 3 is 2.27 bits per heavy atom. The molecule has 0 aliphatic carbocycles. The molecular weight excluding hydrogens is 188 g/mol. The minimum Gasteiger partial charge on any atom is -0.390 e. The van der Waals surface area contributed by atoms with Gasteiger partial charge < -0.3 is 10.2 Å². The van der Waals surface area contributed by atoms with Crippen molar-refractivity contribution in [3.63, 3.8) is 0 Å². The Balaban J connectivity index is 2.57. The van der Waals surface area contributed by atoms with Gasteiger partial charge in [-0.3, -0.25) is 0 Å². The summed E-state index contributed by atoms with van der Waals surface area (Å²) in [5.41, 5.74) is 0.785. The van der Waals surface area contributed by atoms with Crippen molar-refractivity contribution in [2.45, 2.75) is 38.9 Å². The standard InChI is InChI=1S/C13H20O2/c1-3-10(2)9-12(14)13(15)11-7-5-4-6-8-11/h4-8,10,12-15H,3,9H2,1-2H3. The van der Waals surface area contributed by atoms with Gasteiger partial charge in [0.15, 0.2) is 0 Å². The summed E-state index contributed by atoms with van der Waals surface area (Å²) < 4.78 is 0. The Morgan fingerprint density at radius 2 is 1.73 bits per heavy atom. The molecule has 0 bridgehead atoms.